The van der Waals surface area contributed by atoms with Crippen LogP contribution in [-0.4, -0.2) is 31.1 Å². The van der Waals surface area contributed by atoms with Crippen molar-refractivity contribution in [2.24, 2.45) is 5.92 Å². The first-order valence-electron chi connectivity index (χ1n) is 8.07. The van der Waals surface area contributed by atoms with Gasteiger partial charge in [-0.3, -0.25) is 4.90 Å². The van der Waals surface area contributed by atoms with Gasteiger partial charge in [-0.25, -0.2) is 8.78 Å². The molecule has 1 saturated carbocycles. The Morgan fingerprint density at radius 3 is 2.41 bits per heavy atom. The maximum absolute atomic E-state index is 14.6. The van der Waals surface area contributed by atoms with Crippen molar-refractivity contribution in [1.29, 1.82) is 0 Å². The molecule has 1 heterocycles. The number of halogens is 3. The minimum atomic E-state index is -0.381. The fourth-order valence-corrected chi connectivity index (χ4v) is 3.90. The predicted octanol–water partition coefficient (Wildman–Crippen LogP) is 3.83. The first-order valence-corrected chi connectivity index (χ1v) is 8.07. The van der Waals surface area contributed by atoms with Gasteiger partial charge in [-0.15, -0.1) is 12.4 Å². The van der Waals surface area contributed by atoms with E-state index in [0.717, 1.165) is 39.0 Å². The van der Waals surface area contributed by atoms with Crippen LogP contribution < -0.4 is 5.32 Å². The summed E-state index contributed by atoms with van der Waals surface area (Å²) in [7, 11) is 0. The number of hydrogen-bond acceptors (Lipinski definition) is 2. The largest absolute Gasteiger partial charge is 0.314 e. The van der Waals surface area contributed by atoms with Gasteiger partial charge in [-0.1, -0.05) is 18.9 Å². The van der Waals surface area contributed by atoms with Crippen LogP contribution in [0.4, 0.5) is 8.78 Å². The molecule has 0 aromatic heterocycles. The molecule has 0 spiro atoms. The van der Waals surface area contributed by atoms with Gasteiger partial charge >= 0.3 is 0 Å². The quantitative estimate of drug-likeness (QED) is 0.906. The zero-order chi connectivity index (χ0) is 14.8. The molecule has 1 N–H and O–H groups in total. The molecule has 2 fully saturated rings. The molecule has 0 amide bonds. The SMILES string of the molecule is Cc1ccc(F)c([C@H](C2CCCC2)N2CCNCC2)c1F.Cl. The molecule has 1 saturated heterocycles. The zero-order valence-electron chi connectivity index (χ0n) is 13.1. The van der Waals surface area contributed by atoms with E-state index in [-0.39, 0.29) is 30.1 Å². The molecule has 2 nitrogen and oxygen atoms in total. The number of rotatable bonds is 3. The highest BCUT2D eigenvalue weighted by molar-refractivity contribution is 5.85. The summed E-state index contributed by atoms with van der Waals surface area (Å²) in [5, 5.41) is 3.32. The number of aryl methyl sites for hydroxylation is 1. The van der Waals surface area contributed by atoms with Crippen molar-refractivity contribution >= 4 is 12.4 Å². The first kappa shape index (κ1) is 17.6. The Morgan fingerprint density at radius 2 is 1.77 bits per heavy atom. The summed E-state index contributed by atoms with van der Waals surface area (Å²) >= 11 is 0. The lowest BCUT2D eigenvalue weighted by Crippen LogP contribution is -2.47. The molecule has 124 valence electrons. The van der Waals surface area contributed by atoms with Crippen LogP contribution >= 0.6 is 12.4 Å². The molecule has 22 heavy (non-hydrogen) atoms. The van der Waals surface area contributed by atoms with E-state index in [9.17, 15) is 8.78 Å². The van der Waals surface area contributed by atoms with Crippen molar-refractivity contribution in [2.45, 2.75) is 38.6 Å². The van der Waals surface area contributed by atoms with Gasteiger partial charge in [0.05, 0.1) is 0 Å². The summed E-state index contributed by atoms with van der Waals surface area (Å²) in [6, 6.07) is 2.87. The van der Waals surface area contributed by atoms with E-state index in [1.165, 1.54) is 25.0 Å². The number of hydrogen-bond donors (Lipinski definition) is 1. The second kappa shape index (κ2) is 7.71. The molecule has 0 unspecified atom stereocenters. The maximum Gasteiger partial charge on any atom is 0.133 e. The fourth-order valence-electron chi connectivity index (χ4n) is 3.90. The van der Waals surface area contributed by atoms with Crippen LogP contribution in [-0.2, 0) is 0 Å². The lowest BCUT2D eigenvalue weighted by Gasteiger charge is -2.39. The Bertz CT molecular complexity index is 498. The van der Waals surface area contributed by atoms with Crippen LogP contribution in [0.2, 0.25) is 0 Å². The molecule has 0 bridgehead atoms. The van der Waals surface area contributed by atoms with Crippen LogP contribution in [0.1, 0.15) is 42.9 Å². The Hall–Kier alpha value is -0.710. The normalized spacial score (nSPS) is 21.6. The highest BCUT2D eigenvalue weighted by atomic mass is 35.5. The van der Waals surface area contributed by atoms with Gasteiger partial charge in [-0.2, -0.15) is 0 Å². The van der Waals surface area contributed by atoms with Crippen LogP contribution in [0.15, 0.2) is 12.1 Å². The van der Waals surface area contributed by atoms with Crippen LogP contribution in [0.3, 0.4) is 0 Å². The van der Waals surface area contributed by atoms with E-state index in [1.807, 2.05) is 0 Å². The van der Waals surface area contributed by atoms with Gasteiger partial charge in [-0.05, 0) is 37.3 Å². The number of nitrogens with zero attached hydrogens (tertiary/aromatic N) is 1. The van der Waals surface area contributed by atoms with Gasteiger partial charge in [0, 0.05) is 37.8 Å². The van der Waals surface area contributed by atoms with E-state index < -0.39 is 0 Å². The minimum Gasteiger partial charge on any atom is -0.314 e. The third-order valence-corrected chi connectivity index (χ3v) is 5.01. The van der Waals surface area contributed by atoms with Crippen molar-refractivity contribution in [3.05, 3.63) is 34.9 Å². The summed E-state index contributed by atoms with van der Waals surface area (Å²) in [6.07, 6.45) is 4.54. The maximum atomic E-state index is 14.6. The summed E-state index contributed by atoms with van der Waals surface area (Å²) < 4.78 is 29.0. The zero-order valence-corrected chi connectivity index (χ0v) is 13.9. The summed E-state index contributed by atoms with van der Waals surface area (Å²) in [5.41, 5.74) is 0.855. The molecule has 0 radical (unpaired) electrons. The van der Waals surface area contributed by atoms with E-state index in [0.29, 0.717) is 17.0 Å². The third kappa shape index (κ3) is 3.44. The average Bonchev–Trinajstić information content (AvgIpc) is 3.02. The van der Waals surface area contributed by atoms with Gasteiger partial charge < -0.3 is 5.32 Å². The Kier molecular flexibility index (Phi) is 6.18. The molecule has 2 aliphatic rings. The molecule has 1 aromatic rings. The standard InChI is InChI=1S/C17H24F2N2.ClH/c1-12-6-7-14(18)15(16(12)19)17(13-4-2-3-5-13)21-10-8-20-9-11-21;/h6-7,13,17,20H,2-5,8-11H2,1H3;1H/t17-;/m0./s1. The van der Waals surface area contributed by atoms with Gasteiger partial charge in [0.25, 0.3) is 0 Å². The fraction of sp³-hybridized carbons (Fsp3) is 0.647. The van der Waals surface area contributed by atoms with E-state index >= 15 is 0 Å². The number of piperazine rings is 1. The van der Waals surface area contributed by atoms with E-state index in [4.69, 9.17) is 0 Å². The smallest absolute Gasteiger partial charge is 0.133 e. The predicted molar refractivity (Wildman–Crippen MR) is 87.5 cm³/mol. The Balaban J connectivity index is 0.00000176. The molecular weight excluding hydrogens is 306 g/mol. The van der Waals surface area contributed by atoms with Crippen molar-refractivity contribution in [3.63, 3.8) is 0 Å². The van der Waals surface area contributed by atoms with Crippen molar-refractivity contribution in [3.8, 4) is 0 Å². The average molecular weight is 331 g/mol. The first-order chi connectivity index (χ1) is 10.2. The second-order valence-corrected chi connectivity index (χ2v) is 6.37. The van der Waals surface area contributed by atoms with Gasteiger partial charge in [0.1, 0.15) is 11.6 Å². The second-order valence-electron chi connectivity index (χ2n) is 6.37. The monoisotopic (exact) mass is 330 g/mol. The molecule has 1 atom stereocenters. The molecule has 3 rings (SSSR count). The van der Waals surface area contributed by atoms with Crippen molar-refractivity contribution < 1.29 is 8.78 Å². The molecule has 1 aliphatic heterocycles. The number of benzene rings is 1. The van der Waals surface area contributed by atoms with Gasteiger partial charge in [0.15, 0.2) is 0 Å². The number of nitrogens with one attached hydrogen (secondary N) is 1. The molecule has 1 aliphatic carbocycles. The van der Waals surface area contributed by atoms with Gasteiger partial charge in [0.2, 0.25) is 0 Å². The Labute approximate surface area is 137 Å². The molecular formula is C17H25ClF2N2. The van der Waals surface area contributed by atoms with Crippen LogP contribution in [0.5, 0.6) is 0 Å². The van der Waals surface area contributed by atoms with Crippen molar-refractivity contribution in [1.82, 2.24) is 10.2 Å². The summed E-state index contributed by atoms with van der Waals surface area (Å²) in [6.45, 7) is 5.26. The third-order valence-electron chi connectivity index (χ3n) is 5.01. The lowest BCUT2D eigenvalue weighted by atomic mass is 9.88. The highest BCUT2D eigenvalue weighted by Crippen LogP contribution is 2.41. The van der Waals surface area contributed by atoms with E-state index in [1.54, 1.807) is 6.92 Å². The molecule has 5 heteroatoms. The molecule has 1 aromatic carbocycles. The minimum absolute atomic E-state index is 0. The Morgan fingerprint density at radius 1 is 1.14 bits per heavy atom. The van der Waals surface area contributed by atoms with Crippen molar-refractivity contribution in [2.75, 3.05) is 26.2 Å². The summed E-state index contributed by atoms with van der Waals surface area (Å²) in [4.78, 5) is 2.29. The highest BCUT2D eigenvalue weighted by Gasteiger charge is 2.35. The van der Waals surface area contributed by atoms with Crippen LogP contribution in [0.25, 0.3) is 0 Å². The van der Waals surface area contributed by atoms with Crippen LogP contribution in [0, 0.1) is 24.5 Å². The lowest BCUT2D eigenvalue weighted by molar-refractivity contribution is 0.119. The van der Waals surface area contributed by atoms with E-state index in [2.05, 4.69) is 10.2 Å². The topological polar surface area (TPSA) is 15.3 Å². The summed E-state index contributed by atoms with van der Waals surface area (Å²) in [5.74, 6) is -0.340.